The fourth-order valence-corrected chi connectivity index (χ4v) is 2.44. The predicted molar refractivity (Wildman–Crippen MR) is 82.5 cm³/mol. The molecule has 1 aromatic carbocycles. The SMILES string of the molecule is N#Cc1cc(C2=Nc3ccc(Br)cc3NC(=O)C2)ccn1. The van der Waals surface area contributed by atoms with Crippen molar-refractivity contribution >= 4 is 38.9 Å². The van der Waals surface area contributed by atoms with Crippen LogP contribution < -0.4 is 5.32 Å². The average Bonchev–Trinajstić information content (AvgIpc) is 2.65. The third-order valence-electron chi connectivity index (χ3n) is 3.02. The van der Waals surface area contributed by atoms with Crippen LogP contribution in [0.25, 0.3) is 0 Å². The lowest BCUT2D eigenvalue weighted by Crippen LogP contribution is -2.15. The van der Waals surface area contributed by atoms with Crippen molar-refractivity contribution in [2.45, 2.75) is 6.42 Å². The number of pyridine rings is 1. The summed E-state index contributed by atoms with van der Waals surface area (Å²) < 4.78 is 0.871. The Hall–Kier alpha value is -2.52. The van der Waals surface area contributed by atoms with Gasteiger partial charge in [0.05, 0.1) is 23.5 Å². The number of amides is 1. The molecule has 3 rings (SSSR count). The maximum Gasteiger partial charge on any atom is 0.230 e. The molecule has 6 heteroatoms. The molecule has 2 heterocycles. The molecule has 1 aromatic heterocycles. The first-order valence-electron chi connectivity index (χ1n) is 6.19. The largest absolute Gasteiger partial charge is 0.324 e. The molecular formula is C15H9BrN4O. The van der Waals surface area contributed by atoms with Crippen molar-refractivity contribution in [1.29, 1.82) is 5.26 Å². The first kappa shape index (κ1) is 13.5. The van der Waals surface area contributed by atoms with Crippen LogP contribution in [0.4, 0.5) is 11.4 Å². The van der Waals surface area contributed by atoms with E-state index in [0.717, 1.165) is 10.0 Å². The van der Waals surface area contributed by atoms with Crippen molar-refractivity contribution in [2.24, 2.45) is 4.99 Å². The molecular weight excluding hydrogens is 332 g/mol. The van der Waals surface area contributed by atoms with E-state index in [9.17, 15) is 4.79 Å². The van der Waals surface area contributed by atoms with Crippen LogP contribution in [0.15, 0.2) is 46.0 Å². The highest BCUT2D eigenvalue weighted by atomic mass is 79.9. The number of hydrogen-bond acceptors (Lipinski definition) is 4. The maximum atomic E-state index is 12.0. The number of rotatable bonds is 1. The second kappa shape index (κ2) is 5.46. The van der Waals surface area contributed by atoms with E-state index < -0.39 is 0 Å². The number of nitriles is 1. The second-order valence-electron chi connectivity index (χ2n) is 4.49. The minimum absolute atomic E-state index is 0.138. The van der Waals surface area contributed by atoms with Crippen LogP contribution in [-0.4, -0.2) is 16.6 Å². The van der Waals surface area contributed by atoms with Crippen LogP contribution >= 0.6 is 15.9 Å². The van der Waals surface area contributed by atoms with E-state index in [4.69, 9.17) is 5.26 Å². The molecule has 0 bridgehead atoms. The Morgan fingerprint density at radius 1 is 1.29 bits per heavy atom. The lowest BCUT2D eigenvalue weighted by Gasteiger charge is -2.04. The highest BCUT2D eigenvalue weighted by molar-refractivity contribution is 9.10. The van der Waals surface area contributed by atoms with Gasteiger partial charge in [0.15, 0.2) is 0 Å². The zero-order valence-corrected chi connectivity index (χ0v) is 12.4. The van der Waals surface area contributed by atoms with Crippen molar-refractivity contribution < 1.29 is 4.79 Å². The van der Waals surface area contributed by atoms with E-state index in [1.54, 1.807) is 18.3 Å². The Morgan fingerprint density at radius 3 is 2.95 bits per heavy atom. The molecule has 0 saturated heterocycles. The minimum Gasteiger partial charge on any atom is -0.324 e. The van der Waals surface area contributed by atoms with Gasteiger partial charge in [0.2, 0.25) is 5.91 Å². The molecule has 0 saturated carbocycles. The number of carbonyl (C=O) groups excluding carboxylic acids is 1. The quantitative estimate of drug-likeness (QED) is 0.865. The summed E-state index contributed by atoms with van der Waals surface area (Å²) in [4.78, 5) is 20.5. The minimum atomic E-state index is -0.138. The molecule has 1 aliphatic heterocycles. The van der Waals surface area contributed by atoms with Gasteiger partial charge in [-0.1, -0.05) is 15.9 Å². The number of aliphatic imine (C=N–C) groups is 1. The molecule has 0 fully saturated rings. The molecule has 0 atom stereocenters. The Bertz CT molecular complexity index is 808. The van der Waals surface area contributed by atoms with E-state index in [-0.39, 0.29) is 12.3 Å². The van der Waals surface area contributed by atoms with E-state index in [2.05, 4.69) is 31.2 Å². The number of aromatic nitrogens is 1. The second-order valence-corrected chi connectivity index (χ2v) is 5.40. The van der Waals surface area contributed by atoms with Crippen molar-refractivity contribution in [3.05, 3.63) is 52.3 Å². The van der Waals surface area contributed by atoms with Gasteiger partial charge in [-0.25, -0.2) is 4.98 Å². The van der Waals surface area contributed by atoms with Crippen LogP contribution in [0, 0.1) is 11.3 Å². The monoisotopic (exact) mass is 340 g/mol. The van der Waals surface area contributed by atoms with Crippen molar-refractivity contribution in [2.75, 3.05) is 5.32 Å². The third-order valence-corrected chi connectivity index (χ3v) is 3.52. The maximum absolute atomic E-state index is 12.0. The van der Waals surface area contributed by atoms with Gasteiger partial charge in [0, 0.05) is 16.2 Å². The standard InChI is InChI=1S/C15H9BrN4O/c16-10-1-2-12-14(6-10)20-15(21)7-13(19-12)9-3-4-18-11(5-9)8-17/h1-6H,7H2,(H,20,21). The lowest BCUT2D eigenvalue weighted by atomic mass is 10.1. The molecule has 1 aliphatic rings. The van der Waals surface area contributed by atoms with E-state index >= 15 is 0 Å². The van der Waals surface area contributed by atoms with Crippen LogP contribution in [0.3, 0.4) is 0 Å². The van der Waals surface area contributed by atoms with Gasteiger partial charge >= 0.3 is 0 Å². The highest BCUT2D eigenvalue weighted by Gasteiger charge is 2.17. The summed E-state index contributed by atoms with van der Waals surface area (Å²) in [5, 5.41) is 11.7. The zero-order chi connectivity index (χ0) is 14.8. The Balaban J connectivity index is 2.11. The summed E-state index contributed by atoms with van der Waals surface area (Å²) in [5.41, 5.74) is 3.00. The Labute approximate surface area is 129 Å². The molecule has 0 radical (unpaired) electrons. The van der Waals surface area contributed by atoms with Gasteiger partial charge in [0.1, 0.15) is 11.8 Å². The molecule has 2 aromatic rings. The fourth-order valence-electron chi connectivity index (χ4n) is 2.08. The smallest absolute Gasteiger partial charge is 0.230 e. The summed E-state index contributed by atoms with van der Waals surface area (Å²) in [6.45, 7) is 0. The van der Waals surface area contributed by atoms with E-state index in [0.29, 0.717) is 22.8 Å². The van der Waals surface area contributed by atoms with Crippen LogP contribution in [-0.2, 0) is 4.79 Å². The van der Waals surface area contributed by atoms with Gasteiger partial charge in [-0.3, -0.25) is 9.79 Å². The summed E-state index contributed by atoms with van der Waals surface area (Å²) in [6.07, 6.45) is 1.70. The first-order valence-corrected chi connectivity index (χ1v) is 6.98. The summed E-state index contributed by atoms with van der Waals surface area (Å²) in [5.74, 6) is -0.138. The van der Waals surface area contributed by atoms with Crippen LogP contribution in [0.5, 0.6) is 0 Å². The summed E-state index contributed by atoms with van der Waals surface area (Å²) >= 11 is 3.37. The zero-order valence-electron chi connectivity index (χ0n) is 10.8. The lowest BCUT2D eigenvalue weighted by molar-refractivity contribution is -0.115. The topological polar surface area (TPSA) is 78.1 Å². The molecule has 102 valence electrons. The van der Waals surface area contributed by atoms with E-state index in [1.807, 2.05) is 24.3 Å². The normalized spacial score (nSPS) is 13.5. The average molecular weight is 341 g/mol. The molecule has 21 heavy (non-hydrogen) atoms. The molecule has 0 unspecified atom stereocenters. The van der Waals surface area contributed by atoms with Crippen LogP contribution in [0.1, 0.15) is 17.7 Å². The number of halogens is 1. The number of fused-ring (bicyclic) bond motifs is 1. The molecule has 5 nitrogen and oxygen atoms in total. The highest BCUT2D eigenvalue weighted by Crippen LogP contribution is 2.31. The number of anilines is 1. The number of carbonyl (C=O) groups is 1. The number of nitrogens with zero attached hydrogens (tertiary/aromatic N) is 3. The number of benzene rings is 1. The van der Waals surface area contributed by atoms with Crippen molar-refractivity contribution in [3.63, 3.8) is 0 Å². The number of nitrogens with one attached hydrogen (secondary N) is 1. The summed E-state index contributed by atoms with van der Waals surface area (Å²) in [7, 11) is 0. The van der Waals surface area contributed by atoms with Gasteiger partial charge in [0.25, 0.3) is 0 Å². The molecule has 0 spiro atoms. The van der Waals surface area contributed by atoms with Gasteiger partial charge in [-0.2, -0.15) is 5.26 Å². The third kappa shape index (κ3) is 2.83. The van der Waals surface area contributed by atoms with Gasteiger partial charge < -0.3 is 5.32 Å². The van der Waals surface area contributed by atoms with Gasteiger partial charge in [-0.15, -0.1) is 0 Å². The Kier molecular flexibility index (Phi) is 3.50. The van der Waals surface area contributed by atoms with Gasteiger partial charge in [-0.05, 0) is 30.3 Å². The predicted octanol–water partition coefficient (Wildman–Crippen LogP) is 3.18. The fraction of sp³-hybridized carbons (Fsp3) is 0.0667. The molecule has 1 amide bonds. The van der Waals surface area contributed by atoms with E-state index in [1.165, 1.54) is 0 Å². The summed E-state index contributed by atoms with van der Waals surface area (Å²) in [6, 6.07) is 10.9. The molecule has 1 N–H and O–H groups in total. The Morgan fingerprint density at radius 2 is 2.14 bits per heavy atom. The first-order chi connectivity index (χ1) is 10.2. The van der Waals surface area contributed by atoms with Crippen molar-refractivity contribution in [3.8, 4) is 6.07 Å². The van der Waals surface area contributed by atoms with Crippen molar-refractivity contribution in [1.82, 2.24) is 4.98 Å². The molecule has 0 aliphatic carbocycles. The van der Waals surface area contributed by atoms with Crippen LogP contribution in [0.2, 0.25) is 0 Å². The number of hydrogen-bond donors (Lipinski definition) is 1.